The average molecular weight is 322 g/mol. The fraction of sp³-hybridized carbons (Fsp3) is 0.267. The number of nitrogens with one attached hydrogen (secondary N) is 1. The second-order valence-electron chi connectivity index (χ2n) is 4.41. The Balaban J connectivity index is 0.00000116. The molecule has 1 aromatic carbocycles. The third kappa shape index (κ3) is 7.05. The number of rotatable bonds is 7. The molecule has 2 aromatic rings. The quantitative estimate of drug-likeness (QED) is 0.480. The first kappa shape index (κ1) is 17.9. The first-order valence-electron chi connectivity index (χ1n) is 6.62. The van der Waals surface area contributed by atoms with Gasteiger partial charge in [0.2, 0.25) is 0 Å². The first-order valence-corrected chi connectivity index (χ1v) is 7.43. The maximum absolute atomic E-state index is 11.6. The summed E-state index contributed by atoms with van der Waals surface area (Å²) in [5, 5.41) is 0. The van der Waals surface area contributed by atoms with Gasteiger partial charge in [0.05, 0.1) is 6.42 Å². The van der Waals surface area contributed by atoms with Crippen LogP contribution in [0.1, 0.15) is 12.0 Å². The van der Waals surface area contributed by atoms with Crippen molar-refractivity contribution in [2.45, 2.75) is 17.9 Å². The van der Waals surface area contributed by atoms with Crippen LogP contribution in [0.2, 0.25) is 0 Å². The lowest BCUT2D eigenvalue weighted by Gasteiger charge is -2.05. The van der Waals surface area contributed by atoms with Gasteiger partial charge in [-0.25, -0.2) is 0 Å². The van der Waals surface area contributed by atoms with Gasteiger partial charge in [-0.1, -0.05) is 30.3 Å². The molecule has 0 aliphatic heterocycles. The van der Waals surface area contributed by atoms with Crippen molar-refractivity contribution in [3.05, 3.63) is 64.3 Å². The summed E-state index contributed by atoms with van der Waals surface area (Å²) < 4.78 is 10.3. The number of esters is 1. The van der Waals surface area contributed by atoms with E-state index in [0.29, 0.717) is 19.6 Å². The van der Waals surface area contributed by atoms with E-state index in [9.17, 15) is 4.79 Å². The summed E-state index contributed by atoms with van der Waals surface area (Å²) in [5.74, 6) is -0.185. The standard InChI is InChI=1S/C15H18N2O2S.O2/c1-17-10-8-14(11-17)20-16-9-7-15(18)19-12-13-5-3-2-4-6-13;1-2/h2-6,8,10-11,16H,7,9,12H2,1H3;. The van der Waals surface area contributed by atoms with Crippen LogP contribution in [0.5, 0.6) is 0 Å². The Hall–Kier alpha value is -2.12. The van der Waals surface area contributed by atoms with Crippen molar-refractivity contribution < 1.29 is 9.53 Å². The predicted molar refractivity (Wildman–Crippen MR) is 86.9 cm³/mol. The largest absolute Gasteiger partial charge is 0.461 e. The Labute approximate surface area is 133 Å². The topological polar surface area (TPSA) is 77.4 Å². The van der Waals surface area contributed by atoms with Crippen LogP contribution in [0.15, 0.2) is 53.7 Å². The molecular weight excluding hydrogens is 304 g/mol. The van der Waals surface area contributed by atoms with Gasteiger partial charge >= 0.3 is 5.97 Å². The van der Waals surface area contributed by atoms with Gasteiger partial charge in [-0.3, -0.25) is 9.52 Å². The minimum Gasteiger partial charge on any atom is -0.461 e. The number of aryl methyl sites for hydroxylation is 1. The van der Waals surface area contributed by atoms with Gasteiger partial charge < -0.3 is 9.30 Å². The molecule has 0 spiro atoms. The molecule has 0 saturated carbocycles. The summed E-state index contributed by atoms with van der Waals surface area (Å²) in [6.45, 7) is 0.929. The maximum Gasteiger partial charge on any atom is 0.307 e. The summed E-state index contributed by atoms with van der Waals surface area (Å²) in [7, 11) is 1.98. The molecule has 6 nitrogen and oxygen atoms in total. The number of benzene rings is 1. The molecule has 7 heteroatoms. The van der Waals surface area contributed by atoms with Crippen LogP contribution in [0.25, 0.3) is 0 Å². The van der Waals surface area contributed by atoms with Crippen molar-refractivity contribution in [3.8, 4) is 0 Å². The van der Waals surface area contributed by atoms with Gasteiger partial charge in [-0.2, -0.15) is 0 Å². The number of hydrogen-bond acceptors (Lipinski definition) is 6. The number of hydrogen-bond donors (Lipinski definition) is 1. The summed E-state index contributed by atoms with van der Waals surface area (Å²) in [4.78, 5) is 26.7. The third-order valence-electron chi connectivity index (χ3n) is 2.67. The van der Waals surface area contributed by atoms with Crippen molar-refractivity contribution >= 4 is 17.9 Å². The van der Waals surface area contributed by atoms with E-state index in [0.717, 1.165) is 10.5 Å². The van der Waals surface area contributed by atoms with Crippen LogP contribution in [0.3, 0.4) is 0 Å². The number of aromatic nitrogens is 1. The van der Waals surface area contributed by atoms with Crippen molar-refractivity contribution in [1.82, 2.24) is 9.29 Å². The smallest absolute Gasteiger partial charge is 0.307 e. The molecule has 0 fully saturated rings. The third-order valence-corrected chi connectivity index (χ3v) is 3.49. The number of ether oxygens (including phenoxy) is 1. The minimum atomic E-state index is -0.185. The van der Waals surface area contributed by atoms with Crippen LogP contribution < -0.4 is 4.72 Å². The van der Waals surface area contributed by atoms with Crippen molar-refractivity contribution in [3.63, 3.8) is 0 Å². The monoisotopic (exact) mass is 322 g/mol. The van der Waals surface area contributed by atoms with E-state index in [1.54, 1.807) is 0 Å². The van der Waals surface area contributed by atoms with E-state index in [4.69, 9.17) is 14.7 Å². The molecular formula is C15H18N2O4S. The zero-order valence-corrected chi connectivity index (χ0v) is 13.0. The molecule has 0 amide bonds. The maximum atomic E-state index is 11.6. The van der Waals surface area contributed by atoms with Gasteiger partial charge in [0.15, 0.2) is 0 Å². The van der Waals surface area contributed by atoms with Crippen LogP contribution in [0, 0.1) is 9.93 Å². The molecule has 0 atom stereocenters. The van der Waals surface area contributed by atoms with Crippen molar-refractivity contribution in [2.24, 2.45) is 7.05 Å². The second-order valence-corrected chi connectivity index (χ2v) is 5.37. The molecule has 0 saturated heterocycles. The Morgan fingerprint density at radius 3 is 2.59 bits per heavy atom. The van der Waals surface area contributed by atoms with Crippen LogP contribution in [-0.2, 0) is 23.2 Å². The minimum absolute atomic E-state index is 0.185. The molecule has 2 rings (SSSR count). The van der Waals surface area contributed by atoms with Gasteiger partial charge in [-0.05, 0) is 23.6 Å². The van der Waals surface area contributed by atoms with Crippen LogP contribution >= 0.6 is 11.9 Å². The predicted octanol–water partition coefficient (Wildman–Crippen LogP) is 2.82. The Morgan fingerprint density at radius 2 is 1.95 bits per heavy atom. The second kappa shape index (κ2) is 10.6. The highest BCUT2D eigenvalue weighted by Crippen LogP contribution is 2.13. The molecule has 1 aromatic heterocycles. The fourth-order valence-electron chi connectivity index (χ4n) is 1.64. The lowest BCUT2D eigenvalue weighted by Crippen LogP contribution is -2.13. The normalized spacial score (nSPS) is 9.68. The molecule has 0 radical (unpaired) electrons. The molecule has 0 unspecified atom stereocenters. The molecule has 118 valence electrons. The molecule has 22 heavy (non-hydrogen) atoms. The van der Waals surface area contributed by atoms with E-state index in [-0.39, 0.29) is 5.97 Å². The highest BCUT2D eigenvalue weighted by molar-refractivity contribution is 7.97. The summed E-state index contributed by atoms with van der Waals surface area (Å²) in [5.41, 5.74) is 1.01. The van der Waals surface area contributed by atoms with Gasteiger partial charge in [-0.15, -0.1) is 0 Å². The van der Waals surface area contributed by atoms with Crippen LogP contribution in [0.4, 0.5) is 0 Å². The average Bonchev–Trinajstić information content (AvgIpc) is 2.98. The molecule has 0 aliphatic rings. The lowest BCUT2D eigenvalue weighted by atomic mass is 10.2. The SMILES string of the molecule is Cn1ccc(SNCCC(=O)OCc2ccccc2)c1.O=O. The van der Waals surface area contributed by atoms with E-state index in [1.807, 2.05) is 60.4 Å². The molecule has 0 aliphatic carbocycles. The fourth-order valence-corrected chi connectivity index (χ4v) is 2.35. The van der Waals surface area contributed by atoms with Gasteiger partial charge in [0.25, 0.3) is 0 Å². The van der Waals surface area contributed by atoms with Gasteiger partial charge in [0.1, 0.15) is 6.61 Å². The molecule has 1 N–H and O–H groups in total. The zero-order valence-electron chi connectivity index (χ0n) is 12.2. The summed E-state index contributed by atoms with van der Waals surface area (Å²) in [6, 6.07) is 11.7. The Morgan fingerprint density at radius 1 is 1.23 bits per heavy atom. The highest BCUT2D eigenvalue weighted by atomic mass is 32.2. The Kier molecular flexibility index (Phi) is 8.63. The van der Waals surface area contributed by atoms with Crippen molar-refractivity contribution in [1.29, 1.82) is 0 Å². The van der Waals surface area contributed by atoms with Gasteiger partial charge in [0, 0.05) is 40.8 Å². The number of carbonyl (C=O) groups excluding carboxylic acids is 1. The number of nitrogens with zero attached hydrogens (tertiary/aromatic N) is 1. The number of carbonyl (C=O) groups is 1. The van der Waals surface area contributed by atoms with E-state index in [1.165, 1.54) is 11.9 Å². The lowest BCUT2D eigenvalue weighted by molar-refractivity contribution is -0.144. The van der Waals surface area contributed by atoms with E-state index in [2.05, 4.69) is 4.72 Å². The zero-order chi connectivity index (χ0) is 16.2. The Bertz CT molecular complexity index is 560. The highest BCUT2D eigenvalue weighted by Gasteiger charge is 2.03. The van der Waals surface area contributed by atoms with Crippen LogP contribution in [-0.4, -0.2) is 17.1 Å². The molecule has 0 bridgehead atoms. The summed E-state index contributed by atoms with van der Waals surface area (Å²) in [6.07, 6.45) is 4.37. The molecule has 1 heterocycles. The summed E-state index contributed by atoms with van der Waals surface area (Å²) >= 11 is 1.52. The van der Waals surface area contributed by atoms with Crippen molar-refractivity contribution in [2.75, 3.05) is 6.54 Å². The van der Waals surface area contributed by atoms with E-state index < -0.39 is 0 Å². The first-order chi connectivity index (χ1) is 10.7. The van der Waals surface area contributed by atoms with E-state index >= 15 is 0 Å².